The number of rotatable bonds is 8. The number of ether oxygens (including phenoxy) is 1. The summed E-state index contributed by atoms with van der Waals surface area (Å²) in [6.45, 7) is 2.08. The highest BCUT2D eigenvalue weighted by Gasteiger charge is 2.27. The van der Waals surface area contributed by atoms with Gasteiger partial charge < -0.3 is 19.9 Å². The number of nitrogens with one attached hydrogen (secondary N) is 1. The Labute approximate surface area is 178 Å². The van der Waals surface area contributed by atoms with Crippen molar-refractivity contribution in [2.75, 3.05) is 38.7 Å². The van der Waals surface area contributed by atoms with Crippen molar-refractivity contribution in [3.63, 3.8) is 0 Å². The van der Waals surface area contributed by atoms with E-state index in [-0.39, 0.29) is 17.7 Å². The number of carbonyl (C=O) groups excluding carboxylic acids is 2. The monoisotopic (exact) mass is 410 g/mol. The van der Waals surface area contributed by atoms with Crippen LogP contribution in [0.5, 0.6) is 5.75 Å². The molecule has 30 heavy (non-hydrogen) atoms. The molecule has 1 aliphatic rings. The van der Waals surface area contributed by atoms with Gasteiger partial charge in [-0.2, -0.15) is 0 Å². The Bertz CT molecular complexity index is 833. The van der Waals surface area contributed by atoms with Crippen LogP contribution < -0.4 is 15.0 Å². The molecule has 0 spiro atoms. The van der Waals surface area contributed by atoms with Crippen LogP contribution >= 0.6 is 0 Å². The van der Waals surface area contributed by atoms with Crippen molar-refractivity contribution in [1.29, 1.82) is 0 Å². The molecule has 0 aliphatic carbocycles. The maximum absolute atomic E-state index is 12.5. The van der Waals surface area contributed by atoms with E-state index in [0.717, 1.165) is 17.1 Å². The predicted octanol–water partition coefficient (Wildman–Crippen LogP) is 2.47. The first-order valence-electron chi connectivity index (χ1n) is 10.4. The zero-order valence-corrected chi connectivity index (χ0v) is 17.7. The number of para-hydroxylation sites is 1. The molecule has 1 aromatic heterocycles. The van der Waals surface area contributed by atoms with Gasteiger partial charge >= 0.3 is 0 Å². The predicted molar refractivity (Wildman–Crippen MR) is 116 cm³/mol. The first-order chi connectivity index (χ1) is 14.5. The zero-order chi connectivity index (χ0) is 21.3. The van der Waals surface area contributed by atoms with Gasteiger partial charge in [-0.15, -0.1) is 0 Å². The number of nitrogens with zero attached hydrogens (tertiary/aromatic N) is 3. The lowest BCUT2D eigenvalue weighted by atomic mass is 9.95. The molecule has 3 rings (SSSR count). The SMILES string of the molecule is CN(C)c1cc(CNC(=O)C2CCN(C(=O)CCOc3ccccc3)CC2)ccn1. The summed E-state index contributed by atoms with van der Waals surface area (Å²) in [6.07, 6.45) is 3.48. The fourth-order valence-corrected chi connectivity index (χ4v) is 3.47. The smallest absolute Gasteiger partial charge is 0.225 e. The Balaban J connectivity index is 1.37. The molecule has 1 aromatic carbocycles. The van der Waals surface area contributed by atoms with Gasteiger partial charge in [-0.3, -0.25) is 9.59 Å². The average molecular weight is 411 g/mol. The Hall–Kier alpha value is -3.09. The molecular weight excluding hydrogens is 380 g/mol. The van der Waals surface area contributed by atoms with Crippen LogP contribution in [0, 0.1) is 5.92 Å². The fourth-order valence-electron chi connectivity index (χ4n) is 3.47. The number of anilines is 1. The zero-order valence-electron chi connectivity index (χ0n) is 17.7. The normalized spacial score (nSPS) is 14.3. The summed E-state index contributed by atoms with van der Waals surface area (Å²) < 4.78 is 5.60. The van der Waals surface area contributed by atoms with E-state index in [2.05, 4.69) is 10.3 Å². The maximum atomic E-state index is 12.5. The lowest BCUT2D eigenvalue weighted by Crippen LogP contribution is -2.43. The number of benzene rings is 1. The van der Waals surface area contributed by atoms with Crippen molar-refractivity contribution in [2.24, 2.45) is 5.92 Å². The molecule has 160 valence electrons. The molecule has 2 amide bonds. The van der Waals surface area contributed by atoms with Gasteiger partial charge in [0.15, 0.2) is 0 Å². The van der Waals surface area contributed by atoms with E-state index >= 15 is 0 Å². The minimum absolute atomic E-state index is 0.0511. The lowest BCUT2D eigenvalue weighted by molar-refractivity contribution is -0.136. The number of carbonyl (C=O) groups is 2. The number of hydrogen-bond acceptors (Lipinski definition) is 5. The van der Waals surface area contributed by atoms with Crippen molar-refractivity contribution in [2.45, 2.75) is 25.8 Å². The Morgan fingerprint density at radius 2 is 1.90 bits per heavy atom. The van der Waals surface area contributed by atoms with Gasteiger partial charge in [-0.1, -0.05) is 18.2 Å². The van der Waals surface area contributed by atoms with Crippen LogP contribution in [-0.4, -0.2) is 55.5 Å². The Kier molecular flexibility index (Phi) is 7.65. The lowest BCUT2D eigenvalue weighted by Gasteiger charge is -2.31. The summed E-state index contributed by atoms with van der Waals surface area (Å²) in [4.78, 5) is 33.0. The molecule has 0 unspecified atom stereocenters. The number of amides is 2. The summed E-state index contributed by atoms with van der Waals surface area (Å²) in [5, 5.41) is 3.02. The molecule has 1 aliphatic heterocycles. The Morgan fingerprint density at radius 1 is 1.17 bits per heavy atom. The number of pyridine rings is 1. The molecule has 7 nitrogen and oxygen atoms in total. The van der Waals surface area contributed by atoms with Crippen molar-refractivity contribution in [3.8, 4) is 5.75 Å². The topological polar surface area (TPSA) is 74.8 Å². The van der Waals surface area contributed by atoms with E-state index in [1.165, 1.54) is 0 Å². The van der Waals surface area contributed by atoms with E-state index in [1.54, 1.807) is 6.20 Å². The summed E-state index contributed by atoms with van der Waals surface area (Å²) in [5.41, 5.74) is 1.02. The quantitative estimate of drug-likeness (QED) is 0.724. The highest BCUT2D eigenvalue weighted by molar-refractivity contribution is 5.80. The fraction of sp³-hybridized carbons (Fsp3) is 0.435. The van der Waals surface area contributed by atoms with Gasteiger partial charge in [0.25, 0.3) is 0 Å². The molecule has 0 bridgehead atoms. The van der Waals surface area contributed by atoms with E-state index in [1.807, 2.05) is 66.4 Å². The van der Waals surface area contributed by atoms with E-state index in [4.69, 9.17) is 4.74 Å². The molecule has 1 fully saturated rings. The number of hydrogen-bond donors (Lipinski definition) is 1. The minimum atomic E-state index is -0.0511. The largest absolute Gasteiger partial charge is 0.493 e. The molecule has 0 radical (unpaired) electrons. The van der Waals surface area contributed by atoms with Crippen LogP contribution in [0.2, 0.25) is 0 Å². The molecule has 2 aromatic rings. The molecule has 2 heterocycles. The second-order valence-corrected chi connectivity index (χ2v) is 7.70. The third kappa shape index (κ3) is 6.20. The average Bonchev–Trinajstić information content (AvgIpc) is 2.78. The van der Waals surface area contributed by atoms with Gasteiger partial charge in [0.05, 0.1) is 13.0 Å². The third-order valence-electron chi connectivity index (χ3n) is 5.28. The van der Waals surface area contributed by atoms with Crippen LogP contribution in [0.3, 0.4) is 0 Å². The van der Waals surface area contributed by atoms with Crippen molar-refractivity contribution in [3.05, 3.63) is 54.2 Å². The van der Waals surface area contributed by atoms with Crippen molar-refractivity contribution in [1.82, 2.24) is 15.2 Å². The maximum Gasteiger partial charge on any atom is 0.225 e. The van der Waals surface area contributed by atoms with Crippen LogP contribution in [0.15, 0.2) is 48.7 Å². The van der Waals surface area contributed by atoms with Crippen LogP contribution in [0.4, 0.5) is 5.82 Å². The number of likely N-dealkylation sites (tertiary alicyclic amines) is 1. The second kappa shape index (κ2) is 10.6. The van der Waals surface area contributed by atoms with Crippen LogP contribution in [0.25, 0.3) is 0 Å². The van der Waals surface area contributed by atoms with Gasteiger partial charge in [-0.25, -0.2) is 4.98 Å². The van der Waals surface area contributed by atoms with Gasteiger partial charge in [0, 0.05) is 45.8 Å². The number of aromatic nitrogens is 1. The molecular formula is C23H30N4O3. The third-order valence-corrected chi connectivity index (χ3v) is 5.28. The molecule has 1 N–H and O–H groups in total. The van der Waals surface area contributed by atoms with Crippen molar-refractivity contribution < 1.29 is 14.3 Å². The first kappa shape index (κ1) is 21.6. The van der Waals surface area contributed by atoms with Crippen LogP contribution in [0.1, 0.15) is 24.8 Å². The van der Waals surface area contributed by atoms with E-state index < -0.39 is 0 Å². The van der Waals surface area contributed by atoms with Gasteiger partial charge in [0.2, 0.25) is 11.8 Å². The van der Waals surface area contributed by atoms with E-state index in [9.17, 15) is 9.59 Å². The molecule has 0 atom stereocenters. The van der Waals surface area contributed by atoms with Crippen LogP contribution in [-0.2, 0) is 16.1 Å². The molecule has 7 heteroatoms. The molecule has 1 saturated heterocycles. The van der Waals surface area contributed by atoms with Gasteiger partial charge in [0.1, 0.15) is 11.6 Å². The van der Waals surface area contributed by atoms with E-state index in [0.29, 0.717) is 45.5 Å². The summed E-state index contributed by atoms with van der Waals surface area (Å²) in [7, 11) is 3.88. The highest BCUT2D eigenvalue weighted by Crippen LogP contribution is 2.19. The summed E-state index contributed by atoms with van der Waals surface area (Å²) >= 11 is 0. The first-order valence-corrected chi connectivity index (χ1v) is 10.4. The Morgan fingerprint density at radius 3 is 2.60 bits per heavy atom. The second-order valence-electron chi connectivity index (χ2n) is 7.70. The number of piperidine rings is 1. The minimum Gasteiger partial charge on any atom is -0.493 e. The highest BCUT2D eigenvalue weighted by atomic mass is 16.5. The van der Waals surface area contributed by atoms with Crippen molar-refractivity contribution >= 4 is 17.6 Å². The van der Waals surface area contributed by atoms with Gasteiger partial charge in [-0.05, 0) is 42.7 Å². The summed E-state index contributed by atoms with van der Waals surface area (Å²) in [5.74, 6) is 1.72. The molecule has 0 saturated carbocycles. The summed E-state index contributed by atoms with van der Waals surface area (Å²) in [6, 6.07) is 13.4. The standard InChI is InChI=1S/C23H30N4O3/c1-26(2)21-16-18(8-12-24-21)17-25-23(29)19-9-13-27(14-10-19)22(28)11-15-30-20-6-4-3-5-7-20/h3-8,12,16,19H,9-11,13-15,17H2,1-2H3,(H,25,29).